The molecule has 0 N–H and O–H groups in total. The molecule has 2 aromatic rings. The molecule has 0 amide bonds. The van der Waals surface area contributed by atoms with E-state index in [2.05, 4.69) is 39.0 Å². The van der Waals surface area contributed by atoms with Gasteiger partial charge in [0.25, 0.3) is 0 Å². The Balaban J connectivity index is 0.000000213. The summed E-state index contributed by atoms with van der Waals surface area (Å²) in [5, 5.41) is 1.86. The van der Waals surface area contributed by atoms with Crippen LogP contribution < -0.4 is 0 Å². The summed E-state index contributed by atoms with van der Waals surface area (Å²) in [4.78, 5) is 4.18. The Morgan fingerprint density at radius 2 is 1.86 bits per heavy atom. The van der Waals surface area contributed by atoms with Gasteiger partial charge in [0.15, 0.2) is 0 Å². The van der Waals surface area contributed by atoms with E-state index in [-0.39, 0.29) is 0 Å². The van der Waals surface area contributed by atoms with E-state index < -0.39 is 0 Å². The molecule has 1 heterocycles. The molecule has 1 aromatic heterocycles. The summed E-state index contributed by atoms with van der Waals surface area (Å²) < 4.78 is 0. The molecule has 14 heavy (non-hydrogen) atoms. The van der Waals surface area contributed by atoms with Crippen molar-refractivity contribution in [3.63, 3.8) is 0 Å². The minimum atomic E-state index is 0.660. The third-order valence-electron chi connectivity index (χ3n) is 1.59. The summed E-state index contributed by atoms with van der Waals surface area (Å²) in [6.45, 7) is 0. The zero-order valence-corrected chi connectivity index (χ0v) is 9.24. The second-order valence-electron chi connectivity index (χ2n) is 2.53. The molecule has 2 rings (SSSR count). The molecule has 0 fully saturated rings. The number of alkyl halides is 1. The normalized spacial score (nSPS) is 8.57. The van der Waals surface area contributed by atoms with Gasteiger partial charge in [0.2, 0.25) is 0 Å². The molecule has 0 spiro atoms. The average molecular weight is 248 g/mol. The highest BCUT2D eigenvalue weighted by Crippen LogP contribution is 2.07. The Bertz CT molecular complexity index is 366. The van der Waals surface area contributed by atoms with Crippen molar-refractivity contribution >= 4 is 26.8 Å². The number of hydrogen-bond donors (Lipinski definition) is 0. The van der Waals surface area contributed by atoms with Crippen LogP contribution in [0, 0.1) is 12.3 Å². The highest BCUT2D eigenvalue weighted by molar-refractivity contribution is 9.09. The summed E-state index contributed by atoms with van der Waals surface area (Å²) >= 11 is 3.01. The van der Waals surface area contributed by atoms with Crippen molar-refractivity contribution in [2.45, 2.75) is 0 Å². The summed E-state index contributed by atoms with van der Waals surface area (Å²) in [5.41, 5.74) is 1.06. The van der Waals surface area contributed by atoms with E-state index in [0.29, 0.717) is 5.33 Å². The number of pyridine rings is 1. The van der Waals surface area contributed by atoms with Crippen LogP contribution in [0.5, 0.6) is 0 Å². The summed E-state index contributed by atoms with van der Waals surface area (Å²) in [5.74, 6) is 2.35. The molecule has 0 bridgehead atoms. The van der Waals surface area contributed by atoms with Gasteiger partial charge in [0.05, 0.1) is 10.8 Å². The van der Waals surface area contributed by atoms with Gasteiger partial charge in [0.1, 0.15) is 0 Å². The molecular weight excluding hydrogens is 238 g/mol. The van der Waals surface area contributed by atoms with Crippen molar-refractivity contribution in [2.24, 2.45) is 0 Å². The van der Waals surface area contributed by atoms with Crippen molar-refractivity contribution in [3.8, 4) is 12.3 Å². The van der Waals surface area contributed by atoms with Gasteiger partial charge in [-0.2, -0.15) is 0 Å². The van der Waals surface area contributed by atoms with E-state index in [9.17, 15) is 0 Å². The Morgan fingerprint density at radius 1 is 1.21 bits per heavy atom. The Hall–Kier alpha value is -1.33. The number of benzene rings is 1. The molecule has 0 aliphatic carbocycles. The Morgan fingerprint density at radius 3 is 2.50 bits per heavy atom. The lowest BCUT2D eigenvalue weighted by molar-refractivity contribution is 1.41. The smallest absolute Gasteiger partial charge is 0.0701 e. The van der Waals surface area contributed by atoms with Crippen molar-refractivity contribution in [1.29, 1.82) is 0 Å². The standard InChI is InChI=1S/C9H7N.C3H3Br/c1-2-6-9-8(4-1)5-3-7-10-9;1-2-3-4/h1-7H;1H,3H2. The predicted octanol–water partition coefficient (Wildman–Crippen LogP) is 3.25. The fourth-order valence-corrected chi connectivity index (χ4v) is 1.02. The molecule has 1 nitrogen and oxygen atoms in total. The largest absolute Gasteiger partial charge is 0.256 e. The molecule has 2 heteroatoms. The van der Waals surface area contributed by atoms with Crippen LogP contribution in [0.15, 0.2) is 42.6 Å². The third-order valence-corrected chi connectivity index (χ3v) is 1.91. The summed E-state index contributed by atoms with van der Waals surface area (Å²) in [6, 6.07) is 12.1. The van der Waals surface area contributed by atoms with Gasteiger partial charge in [-0.05, 0) is 12.1 Å². The molecule has 0 saturated carbocycles. The van der Waals surface area contributed by atoms with E-state index >= 15 is 0 Å². The molecule has 70 valence electrons. The molecule has 0 atom stereocenters. The van der Waals surface area contributed by atoms with Gasteiger partial charge < -0.3 is 0 Å². The fourth-order valence-electron chi connectivity index (χ4n) is 1.02. The lowest BCUT2D eigenvalue weighted by Crippen LogP contribution is -1.73. The van der Waals surface area contributed by atoms with Crippen LogP contribution in [0.4, 0.5) is 0 Å². The number of rotatable bonds is 0. The molecular formula is C12H10BrN. The number of aromatic nitrogens is 1. The van der Waals surface area contributed by atoms with Crippen LogP contribution in [0.3, 0.4) is 0 Å². The molecule has 1 aromatic carbocycles. The maximum atomic E-state index is 4.73. The van der Waals surface area contributed by atoms with Crippen LogP contribution in [0.2, 0.25) is 0 Å². The lowest BCUT2D eigenvalue weighted by Gasteiger charge is -1.91. The summed E-state index contributed by atoms with van der Waals surface area (Å²) in [6.07, 6.45) is 6.54. The van der Waals surface area contributed by atoms with Crippen molar-refractivity contribution < 1.29 is 0 Å². The van der Waals surface area contributed by atoms with Crippen molar-refractivity contribution in [2.75, 3.05) is 5.33 Å². The summed E-state index contributed by atoms with van der Waals surface area (Å²) in [7, 11) is 0. The van der Waals surface area contributed by atoms with Gasteiger partial charge in [-0.25, -0.2) is 0 Å². The van der Waals surface area contributed by atoms with E-state index in [4.69, 9.17) is 6.42 Å². The van der Waals surface area contributed by atoms with E-state index in [1.165, 1.54) is 5.39 Å². The van der Waals surface area contributed by atoms with Crippen molar-refractivity contribution in [3.05, 3.63) is 42.6 Å². The van der Waals surface area contributed by atoms with Crippen molar-refractivity contribution in [1.82, 2.24) is 4.98 Å². The predicted molar refractivity (Wildman–Crippen MR) is 64.4 cm³/mol. The highest BCUT2D eigenvalue weighted by atomic mass is 79.9. The second kappa shape index (κ2) is 6.17. The van der Waals surface area contributed by atoms with E-state index in [0.717, 1.165) is 5.52 Å². The third kappa shape index (κ3) is 3.20. The van der Waals surface area contributed by atoms with Crippen LogP contribution in [-0.2, 0) is 0 Å². The zero-order valence-electron chi connectivity index (χ0n) is 7.65. The molecule has 0 radical (unpaired) electrons. The monoisotopic (exact) mass is 247 g/mol. The number of halogens is 1. The molecule has 0 aliphatic heterocycles. The van der Waals surface area contributed by atoms with E-state index in [1.54, 1.807) is 0 Å². The maximum Gasteiger partial charge on any atom is 0.0701 e. The highest BCUT2D eigenvalue weighted by Gasteiger charge is 1.86. The maximum absolute atomic E-state index is 4.73. The van der Waals surface area contributed by atoms with Gasteiger partial charge in [-0.15, -0.1) is 6.42 Å². The first kappa shape index (κ1) is 10.7. The molecule has 0 unspecified atom stereocenters. The number of nitrogens with zero attached hydrogens (tertiary/aromatic N) is 1. The molecule has 0 saturated heterocycles. The fraction of sp³-hybridized carbons (Fsp3) is 0.0833. The molecule has 0 aliphatic rings. The van der Waals surface area contributed by atoms with Crippen LogP contribution in [-0.4, -0.2) is 10.3 Å². The van der Waals surface area contributed by atoms with Gasteiger partial charge >= 0.3 is 0 Å². The first-order valence-corrected chi connectivity index (χ1v) is 5.30. The zero-order chi connectivity index (χ0) is 10.2. The Labute approximate surface area is 92.3 Å². The lowest BCUT2D eigenvalue weighted by atomic mass is 10.2. The van der Waals surface area contributed by atoms with Gasteiger partial charge in [0, 0.05) is 11.6 Å². The number of hydrogen-bond acceptors (Lipinski definition) is 1. The van der Waals surface area contributed by atoms with Gasteiger partial charge in [-0.3, -0.25) is 4.98 Å². The Kier molecular flexibility index (Phi) is 4.74. The van der Waals surface area contributed by atoms with Crippen LogP contribution in [0.25, 0.3) is 10.9 Å². The first-order chi connectivity index (χ1) is 6.88. The second-order valence-corrected chi connectivity index (χ2v) is 3.09. The topological polar surface area (TPSA) is 12.9 Å². The van der Waals surface area contributed by atoms with Gasteiger partial charge in [-0.1, -0.05) is 46.1 Å². The number of fused-ring (bicyclic) bond motifs is 1. The minimum absolute atomic E-state index is 0.660. The minimum Gasteiger partial charge on any atom is -0.256 e. The number of para-hydroxylation sites is 1. The average Bonchev–Trinajstić information content (AvgIpc) is 2.30. The quantitative estimate of drug-likeness (QED) is 0.515. The SMILES string of the molecule is C#CCBr.c1ccc2ncccc2c1. The van der Waals surface area contributed by atoms with Crippen LogP contribution in [0.1, 0.15) is 0 Å². The number of terminal acetylenes is 1. The van der Waals surface area contributed by atoms with E-state index in [1.807, 2.05) is 30.5 Å². The van der Waals surface area contributed by atoms with Crippen LogP contribution >= 0.6 is 15.9 Å². The first-order valence-electron chi connectivity index (χ1n) is 4.17.